The molecule has 1 saturated heterocycles. The molecule has 2 aliphatic rings. The van der Waals surface area contributed by atoms with Gasteiger partial charge < -0.3 is 4.90 Å². The van der Waals surface area contributed by atoms with Gasteiger partial charge in [-0.15, -0.1) is 0 Å². The molecule has 1 aliphatic carbocycles. The number of amides is 1. The van der Waals surface area contributed by atoms with Gasteiger partial charge in [0.05, 0.1) is 0 Å². The minimum absolute atomic E-state index is 0.144. The van der Waals surface area contributed by atoms with E-state index in [1.807, 2.05) is 29.2 Å². The van der Waals surface area contributed by atoms with Gasteiger partial charge in [0.1, 0.15) is 17.6 Å². The fourth-order valence-electron chi connectivity index (χ4n) is 3.53. The highest BCUT2D eigenvalue weighted by atomic mass is 16.2. The molecule has 0 spiro atoms. The van der Waals surface area contributed by atoms with Gasteiger partial charge in [0.25, 0.3) is 0 Å². The Morgan fingerprint density at radius 2 is 2.05 bits per heavy atom. The van der Waals surface area contributed by atoms with Gasteiger partial charge >= 0.3 is 0 Å². The van der Waals surface area contributed by atoms with Crippen molar-refractivity contribution in [3.8, 4) is 0 Å². The predicted octanol–water partition coefficient (Wildman–Crippen LogP) is 1.69. The third-order valence-corrected chi connectivity index (χ3v) is 4.97. The highest BCUT2D eigenvalue weighted by molar-refractivity contribution is 5.77. The van der Waals surface area contributed by atoms with E-state index in [9.17, 15) is 4.79 Å². The van der Waals surface area contributed by atoms with Crippen molar-refractivity contribution >= 4 is 16.9 Å². The Hall–Kier alpha value is -1.91. The van der Waals surface area contributed by atoms with Gasteiger partial charge in [-0.25, -0.2) is 0 Å². The number of benzene rings is 1. The Morgan fingerprint density at radius 1 is 1.35 bits per heavy atom. The number of rotatable bonds is 3. The van der Waals surface area contributed by atoms with Gasteiger partial charge in [-0.05, 0) is 36.3 Å². The molecule has 2 aromatic rings. The molecule has 1 aromatic heterocycles. The zero-order valence-corrected chi connectivity index (χ0v) is 11.6. The van der Waals surface area contributed by atoms with E-state index in [0.717, 1.165) is 30.0 Å². The average molecular weight is 270 g/mol. The molecule has 1 aliphatic heterocycles. The first-order chi connectivity index (χ1) is 9.70. The van der Waals surface area contributed by atoms with Crippen LogP contribution in [0, 0.1) is 11.3 Å². The summed E-state index contributed by atoms with van der Waals surface area (Å²) in [6.07, 6.45) is 2.49. The van der Waals surface area contributed by atoms with E-state index in [4.69, 9.17) is 0 Å². The molecule has 0 N–H and O–H groups in total. The Labute approximate surface area is 117 Å². The third kappa shape index (κ3) is 1.72. The summed E-state index contributed by atoms with van der Waals surface area (Å²) in [7, 11) is 0. The van der Waals surface area contributed by atoms with E-state index in [2.05, 4.69) is 17.1 Å². The van der Waals surface area contributed by atoms with E-state index in [1.165, 1.54) is 17.6 Å². The molecule has 20 heavy (non-hydrogen) atoms. The molecule has 4 rings (SSSR count). The molecule has 1 aromatic carbocycles. The van der Waals surface area contributed by atoms with Crippen molar-refractivity contribution in [2.45, 2.75) is 26.3 Å². The first-order valence-corrected chi connectivity index (χ1v) is 7.28. The molecule has 5 nitrogen and oxygen atoms in total. The number of hydrogen-bond donors (Lipinski definition) is 0. The number of piperidine rings is 1. The highest BCUT2D eigenvalue weighted by Crippen LogP contribution is 2.59. The molecule has 0 bridgehead atoms. The summed E-state index contributed by atoms with van der Waals surface area (Å²) in [5.74, 6) is 0.881. The lowest BCUT2D eigenvalue weighted by molar-refractivity contribution is -0.132. The van der Waals surface area contributed by atoms with Crippen LogP contribution in [0.2, 0.25) is 0 Å². The van der Waals surface area contributed by atoms with Gasteiger partial charge in [-0.2, -0.15) is 15.0 Å². The standard InChI is InChI=1S/C15H18N4O/c1-2-15-7-11(15)8-18(10-15)14(20)9-19-16-12-5-3-4-6-13(12)17-19/h3-6,11H,2,7-10H2,1H3. The van der Waals surface area contributed by atoms with Crippen molar-refractivity contribution in [3.63, 3.8) is 0 Å². The SMILES string of the molecule is CCC12CC1CN(C(=O)Cn1nc3ccccc3n1)C2. The molecular weight excluding hydrogens is 252 g/mol. The summed E-state index contributed by atoms with van der Waals surface area (Å²) in [6, 6.07) is 7.70. The lowest BCUT2D eigenvalue weighted by atomic mass is 10.0. The molecule has 0 radical (unpaired) electrons. The molecule has 2 atom stereocenters. The number of carbonyl (C=O) groups excluding carboxylic acids is 1. The number of nitrogens with zero attached hydrogens (tertiary/aromatic N) is 4. The molecule has 104 valence electrons. The molecule has 2 fully saturated rings. The Morgan fingerprint density at radius 3 is 2.65 bits per heavy atom. The van der Waals surface area contributed by atoms with Crippen LogP contribution in [0.25, 0.3) is 11.0 Å². The zero-order valence-electron chi connectivity index (χ0n) is 11.6. The van der Waals surface area contributed by atoms with Gasteiger partial charge in [0.15, 0.2) is 0 Å². The highest BCUT2D eigenvalue weighted by Gasteiger charge is 2.59. The van der Waals surface area contributed by atoms with Crippen LogP contribution in [0.4, 0.5) is 0 Å². The Balaban J connectivity index is 1.48. The van der Waals surface area contributed by atoms with E-state index >= 15 is 0 Å². The second kappa shape index (κ2) is 4.04. The number of likely N-dealkylation sites (tertiary alicyclic amines) is 1. The first-order valence-electron chi connectivity index (χ1n) is 7.28. The molecular formula is C15H18N4O. The summed E-state index contributed by atoms with van der Waals surface area (Å²) >= 11 is 0. The number of fused-ring (bicyclic) bond motifs is 2. The molecule has 2 unspecified atom stereocenters. The van der Waals surface area contributed by atoms with Crippen molar-refractivity contribution in [3.05, 3.63) is 24.3 Å². The smallest absolute Gasteiger partial charge is 0.246 e. The van der Waals surface area contributed by atoms with Crippen molar-refractivity contribution in [2.24, 2.45) is 11.3 Å². The largest absolute Gasteiger partial charge is 0.340 e. The van der Waals surface area contributed by atoms with Crippen LogP contribution < -0.4 is 0 Å². The fourth-order valence-corrected chi connectivity index (χ4v) is 3.53. The van der Waals surface area contributed by atoms with E-state index in [1.54, 1.807) is 0 Å². The second-order valence-corrected chi connectivity index (χ2v) is 6.11. The fraction of sp³-hybridized carbons (Fsp3) is 0.533. The normalized spacial score (nSPS) is 27.9. The van der Waals surface area contributed by atoms with Crippen LogP contribution in [-0.2, 0) is 11.3 Å². The van der Waals surface area contributed by atoms with Crippen LogP contribution in [0.3, 0.4) is 0 Å². The van der Waals surface area contributed by atoms with Crippen molar-refractivity contribution in [2.75, 3.05) is 13.1 Å². The second-order valence-electron chi connectivity index (χ2n) is 6.11. The third-order valence-electron chi connectivity index (χ3n) is 4.97. The summed E-state index contributed by atoms with van der Waals surface area (Å²) < 4.78 is 0. The Bertz CT molecular complexity index is 642. The van der Waals surface area contributed by atoms with Gasteiger partial charge in [0, 0.05) is 13.1 Å². The zero-order chi connectivity index (χ0) is 13.7. The molecule has 1 amide bonds. The van der Waals surface area contributed by atoms with Crippen LogP contribution in [0.15, 0.2) is 24.3 Å². The number of hydrogen-bond acceptors (Lipinski definition) is 3. The van der Waals surface area contributed by atoms with Crippen LogP contribution in [0.1, 0.15) is 19.8 Å². The van der Waals surface area contributed by atoms with E-state index < -0.39 is 0 Å². The topological polar surface area (TPSA) is 51.0 Å². The minimum atomic E-state index is 0.144. The van der Waals surface area contributed by atoms with Crippen LogP contribution in [0.5, 0.6) is 0 Å². The van der Waals surface area contributed by atoms with Crippen LogP contribution >= 0.6 is 0 Å². The first kappa shape index (κ1) is 11.9. The number of carbonyl (C=O) groups is 1. The predicted molar refractivity (Wildman–Crippen MR) is 74.9 cm³/mol. The van der Waals surface area contributed by atoms with Gasteiger partial charge in [-0.1, -0.05) is 19.1 Å². The van der Waals surface area contributed by atoms with Gasteiger partial charge in [-0.3, -0.25) is 4.79 Å². The van der Waals surface area contributed by atoms with Crippen LogP contribution in [-0.4, -0.2) is 38.9 Å². The summed E-state index contributed by atoms with van der Waals surface area (Å²) in [5, 5.41) is 8.70. The van der Waals surface area contributed by atoms with Crippen molar-refractivity contribution < 1.29 is 4.79 Å². The monoisotopic (exact) mass is 270 g/mol. The quantitative estimate of drug-likeness (QED) is 0.853. The minimum Gasteiger partial charge on any atom is -0.340 e. The Kier molecular flexibility index (Phi) is 2.40. The average Bonchev–Trinajstić information content (AvgIpc) is 2.84. The maximum Gasteiger partial charge on any atom is 0.246 e. The molecule has 1 saturated carbocycles. The summed E-state index contributed by atoms with van der Waals surface area (Å²) in [4.78, 5) is 15.9. The maximum absolute atomic E-state index is 12.3. The summed E-state index contributed by atoms with van der Waals surface area (Å²) in [6.45, 7) is 4.33. The van der Waals surface area contributed by atoms with E-state index in [-0.39, 0.29) is 12.5 Å². The maximum atomic E-state index is 12.3. The van der Waals surface area contributed by atoms with Gasteiger partial charge in [0.2, 0.25) is 5.91 Å². The summed E-state index contributed by atoms with van der Waals surface area (Å²) in [5.41, 5.74) is 2.13. The lowest BCUT2D eigenvalue weighted by Crippen LogP contribution is -2.35. The van der Waals surface area contributed by atoms with Crippen molar-refractivity contribution in [1.29, 1.82) is 0 Å². The van der Waals surface area contributed by atoms with Crippen molar-refractivity contribution in [1.82, 2.24) is 19.9 Å². The van der Waals surface area contributed by atoms with E-state index in [0.29, 0.717) is 5.41 Å². The molecule has 5 heteroatoms. The molecule has 2 heterocycles. The number of aromatic nitrogens is 3. The lowest BCUT2D eigenvalue weighted by Gasteiger charge is -2.20.